The van der Waals surface area contributed by atoms with Gasteiger partial charge in [-0.05, 0) is 24.6 Å². The molecule has 18 heavy (non-hydrogen) atoms. The van der Waals surface area contributed by atoms with Crippen LogP contribution >= 0.6 is 0 Å². The number of methoxy groups -OCH3 is 1. The van der Waals surface area contributed by atoms with Gasteiger partial charge < -0.3 is 9.47 Å². The van der Waals surface area contributed by atoms with Crippen molar-refractivity contribution in [3.8, 4) is 11.6 Å². The molecule has 1 aromatic heterocycles. The number of halogens is 1. The lowest BCUT2D eigenvalue weighted by atomic mass is 10.2. The second-order valence-electron chi connectivity index (χ2n) is 3.87. The van der Waals surface area contributed by atoms with Gasteiger partial charge in [0.05, 0.1) is 12.8 Å². The lowest BCUT2D eigenvalue weighted by molar-refractivity contribution is 0.294. The van der Waals surface area contributed by atoms with Crippen LogP contribution in [0.15, 0.2) is 36.4 Å². The van der Waals surface area contributed by atoms with Gasteiger partial charge in [-0.15, -0.1) is 0 Å². The van der Waals surface area contributed by atoms with Crippen LogP contribution in [0.2, 0.25) is 0 Å². The molecule has 94 valence electrons. The van der Waals surface area contributed by atoms with Gasteiger partial charge in [-0.2, -0.15) is 0 Å². The molecule has 2 aromatic rings. The summed E-state index contributed by atoms with van der Waals surface area (Å²) in [7, 11) is 1.56. The fraction of sp³-hybridized carbons (Fsp3) is 0.214. The van der Waals surface area contributed by atoms with E-state index < -0.39 is 0 Å². The van der Waals surface area contributed by atoms with Crippen LogP contribution in [-0.4, -0.2) is 12.1 Å². The highest BCUT2D eigenvalue weighted by atomic mass is 19.1. The van der Waals surface area contributed by atoms with Crippen molar-refractivity contribution in [1.82, 2.24) is 4.98 Å². The van der Waals surface area contributed by atoms with Crippen molar-refractivity contribution in [2.75, 3.05) is 7.11 Å². The van der Waals surface area contributed by atoms with Crippen molar-refractivity contribution in [2.45, 2.75) is 13.5 Å². The van der Waals surface area contributed by atoms with E-state index in [9.17, 15) is 4.39 Å². The molecule has 1 aromatic carbocycles. The van der Waals surface area contributed by atoms with Crippen LogP contribution < -0.4 is 9.47 Å². The van der Waals surface area contributed by atoms with Gasteiger partial charge >= 0.3 is 0 Å². The zero-order valence-electron chi connectivity index (χ0n) is 10.3. The molecule has 4 heteroatoms. The number of aryl methyl sites for hydroxylation is 1. The Morgan fingerprint density at radius 2 is 2.06 bits per heavy atom. The van der Waals surface area contributed by atoms with Crippen LogP contribution in [0.1, 0.15) is 11.3 Å². The second kappa shape index (κ2) is 5.49. The summed E-state index contributed by atoms with van der Waals surface area (Å²) in [6, 6.07) is 9.89. The van der Waals surface area contributed by atoms with Crippen LogP contribution in [0.5, 0.6) is 11.6 Å². The van der Waals surface area contributed by atoms with E-state index in [4.69, 9.17) is 9.47 Å². The van der Waals surface area contributed by atoms with Gasteiger partial charge in [0.25, 0.3) is 0 Å². The molecule has 0 aliphatic heterocycles. The molecule has 0 unspecified atom stereocenters. The topological polar surface area (TPSA) is 31.4 Å². The predicted molar refractivity (Wildman–Crippen MR) is 66.3 cm³/mol. The minimum absolute atomic E-state index is 0.279. The molecule has 0 aliphatic carbocycles. The fourth-order valence-electron chi connectivity index (χ4n) is 1.53. The zero-order valence-corrected chi connectivity index (χ0v) is 10.3. The monoisotopic (exact) mass is 247 g/mol. The van der Waals surface area contributed by atoms with Crippen molar-refractivity contribution in [2.24, 2.45) is 0 Å². The molecule has 0 saturated carbocycles. The van der Waals surface area contributed by atoms with E-state index in [-0.39, 0.29) is 12.4 Å². The minimum Gasteiger partial charge on any atom is -0.487 e. The van der Waals surface area contributed by atoms with E-state index >= 15 is 0 Å². The molecule has 0 amide bonds. The Hall–Kier alpha value is -2.10. The standard InChI is InChI=1S/C14H14FNO2/c1-10-6-7-11(15)8-13(10)18-9-12-4-3-5-14(16-12)17-2/h3-8H,9H2,1-2H3. The SMILES string of the molecule is COc1cccc(COc2cc(F)ccc2C)n1. The fourth-order valence-corrected chi connectivity index (χ4v) is 1.53. The molecule has 0 radical (unpaired) electrons. The van der Waals surface area contributed by atoms with Crippen molar-refractivity contribution in [3.05, 3.63) is 53.5 Å². The Balaban J connectivity index is 2.08. The number of benzene rings is 1. The third-order valence-electron chi connectivity index (χ3n) is 2.52. The number of hydrogen-bond donors (Lipinski definition) is 0. The summed E-state index contributed by atoms with van der Waals surface area (Å²) in [5.41, 5.74) is 1.62. The number of hydrogen-bond acceptors (Lipinski definition) is 3. The molecule has 0 aliphatic rings. The molecule has 0 spiro atoms. The van der Waals surface area contributed by atoms with Gasteiger partial charge in [0.1, 0.15) is 18.2 Å². The van der Waals surface area contributed by atoms with Gasteiger partial charge in [0, 0.05) is 12.1 Å². The number of aromatic nitrogens is 1. The molecule has 0 bridgehead atoms. The Kier molecular flexibility index (Phi) is 3.77. The van der Waals surface area contributed by atoms with Crippen molar-refractivity contribution < 1.29 is 13.9 Å². The Morgan fingerprint density at radius 1 is 1.22 bits per heavy atom. The van der Waals surface area contributed by atoms with Crippen LogP contribution in [0.25, 0.3) is 0 Å². The third-order valence-corrected chi connectivity index (χ3v) is 2.52. The summed E-state index contributed by atoms with van der Waals surface area (Å²) < 4.78 is 23.6. The lowest BCUT2D eigenvalue weighted by Crippen LogP contribution is -2.00. The Bertz CT molecular complexity index is 543. The van der Waals surface area contributed by atoms with Crippen molar-refractivity contribution in [1.29, 1.82) is 0 Å². The van der Waals surface area contributed by atoms with Gasteiger partial charge in [0.2, 0.25) is 5.88 Å². The molecular weight excluding hydrogens is 233 g/mol. The Morgan fingerprint density at radius 3 is 2.83 bits per heavy atom. The molecule has 0 N–H and O–H groups in total. The average molecular weight is 247 g/mol. The lowest BCUT2D eigenvalue weighted by Gasteiger charge is -2.09. The molecule has 2 rings (SSSR count). The second-order valence-corrected chi connectivity index (χ2v) is 3.87. The Labute approximate surface area is 105 Å². The first kappa shape index (κ1) is 12.4. The largest absolute Gasteiger partial charge is 0.487 e. The number of pyridine rings is 1. The maximum absolute atomic E-state index is 13.1. The highest BCUT2D eigenvalue weighted by Crippen LogP contribution is 2.20. The molecular formula is C14H14FNO2. The van der Waals surface area contributed by atoms with Gasteiger partial charge in [0.15, 0.2) is 0 Å². The first-order chi connectivity index (χ1) is 8.69. The number of rotatable bonds is 4. The first-order valence-corrected chi connectivity index (χ1v) is 5.58. The number of nitrogens with zero attached hydrogens (tertiary/aromatic N) is 1. The molecule has 0 atom stereocenters. The molecule has 3 nitrogen and oxygen atoms in total. The van der Waals surface area contributed by atoms with Crippen LogP contribution in [0, 0.1) is 12.7 Å². The van der Waals surface area contributed by atoms with E-state index in [1.54, 1.807) is 19.2 Å². The zero-order chi connectivity index (χ0) is 13.0. The normalized spacial score (nSPS) is 10.2. The highest BCUT2D eigenvalue weighted by Gasteiger charge is 2.03. The maximum atomic E-state index is 13.1. The summed E-state index contributed by atoms with van der Waals surface area (Å²) in [6.45, 7) is 2.15. The van der Waals surface area contributed by atoms with Gasteiger partial charge in [-0.25, -0.2) is 9.37 Å². The molecule has 1 heterocycles. The molecule has 0 fully saturated rings. The highest BCUT2D eigenvalue weighted by molar-refractivity contribution is 5.32. The van der Waals surface area contributed by atoms with Crippen LogP contribution in [0.4, 0.5) is 4.39 Å². The van der Waals surface area contributed by atoms with E-state index in [1.165, 1.54) is 12.1 Å². The molecule has 0 saturated heterocycles. The van der Waals surface area contributed by atoms with Gasteiger partial charge in [-0.3, -0.25) is 0 Å². The van der Waals surface area contributed by atoms with E-state index in [0.717, 1.165) is 11.3 Å². The third kappa shape index (κ3) is 2.97. The number of ether oxygens (including phenoxy) is 2. The quantitative estimate of drug-likeness (QED) is 0.831. The first-order valence-electron chi connectivity index (χ1n) is 5.58. The summed E-state index contributed by atoms with van der Waals surface area (Å²) in [6.07, 6.45) is 0. The van der Waals surface area contributed by atoms with Gasteiger partial charge in [-0.1, -0.05) is 12.1 Å². The van der Waals surface area contributed by atoms with E-state index in [2.05, 4.69) is 4.98 Å². The summed E-state index contributed by atoms with van der Waals surface area (Å²) in [5.74, 6) is 0.751. The van der Waals surface area contributed by atoms with Crippen LogP contribution in [-0.2, 0) is 6.61 Å². The minimum atomic E-state index is -0.311. The average Bonchev–Trinajstić information content (AvgIpc) is 2.40. The summed E-state index contributed by atoms with van der Waals surface area (Å²) in [5, 5.41) is 0. The van der Waals surface area contributed by atoms with Crippen molar-refractivity contribution >= 4 is 0 Å². The summed E-state index contributed by atoms with van der Waals surface area (Å²) in [4.78, 5) is 4.22. The van der Waals surface area contributed by atoms with Crippen molar-refractivity contribution in [3.63, 3.8) is 0 Å². The smallest absolute Gasteiger partial charge is 0.213 e. The van der Waals surface area contributed by atoms with Crippen LogP contribution in [0.3, 0.4) is 0 Å². The van der Waals surface area contributed by atoms with E-state index in [0.29, 0.717) is 11.6 Å². The predicted octanol–water partition coefficient (Wildman–Crippen LogP) is 3.12. The maximum Gasteiger partial charge on any atom is 0.213 e. The van der Waals surface area contributed by atoms with E-state index in [1.807, 2.05) is 19.1 Å². The summed E-state index contributed by atoms with van der Waals surface area (Å²) >= 11 is 0.